The van der Waals surface area contributed by atoms with Gasteiger partial charge in [0.15, 0.2) is 0 Å². The fourth-order valence-electron chi connectivity index (χ4n) is 4.02. The minimum atomic E-state index is -0.385. The Balaban J connectivity index is 2.55. The van der Waals surface area contributed by atoms with E-state index in [1.54, 1.807) is 26.0 Å². The SMILES string of the molecule is CC=CC(=O)Oc1ccc(C(C)(C)c2ccc(OC(=O)C=CC)cc2C(C)C)c(C(C)C)c1. The first-order valence-corrected chi connectivity index (χ1v) is 11.5. The standard InChI is InChI=1S/C29H36O4/c1-9-11-27(30)32-21-13-15-25(23(17-21)19(3)4)29(7,8)26-16-14-22(18-24(26)20(5)6)33-28(31)12-10-2/h9-20H,1-8H3. The summed E-state index contributed by atoms with van der Waals surface area (Å²) >= 11 is 0. The van der Waals surface area contributed by atoms with Crippen molar-refractivity contribution in [3.63, 3.8) is 0 Å². The largest absolute Gasteiger partial charge is 0.423 e. The Kier molecular flexibility index (Phi) is 8.81. The number of carbonyl (C=O) groups excluding carboxylic acids is 2. The first-order valence-electron chi connectivity index (χ1n) is 11.5. The van der Waals surface area contributed by atoms with Gasteiger partial charge in [0, 0.05) is 17.6 Å². The molecule has 2 aromatic carbocycles. The van der Waals surface area contributed by atoms with Crippen LogP contribution in [0.15, 0.2) is 60.7 Å². The Morgan fingerprint density at radius 1 is 0.727 bits per heavy atom. The summed E-state index contributed by atoms with van der Waals surface area (Å²) < 4.78 is 10.9. The third-order valence-electron chi connectivity index (χ3n) is 5.68. The molecule has 2 aromatic rings. The highest BCUT2D eigenvalue weighted by molar-refractivity contribution is 5.84. The number of ether oxygens (including phenoxy) is 2. The van der Waals surface area contributed by atoms with E-state index in [1.807, 2.05) is 24.3 Å². The quantitative estimate of drug-likeness (QED) is 0.243. The van der Waals surface area contributed by atoms with Crippen LogP contribution < -0.4 is 9.47 Å². The van der Waals surface area contributed by atoms with Gasteiger partial charge >= 0.3 is 11.9 Å². The molecule has 0 bridgehead atoms. The van der Waals surface area contributed by atoms with Crippen molar-refractivity contribution in [3.05, 3.63) is 83.0 Å². The van der Waals surface area contributed by atoms with E-state index in [2.05, 4.69) is 53.7 Å². The van der Waals surface area contributed by atoms with Gasteiger partial charge < -0.3 is 9.47 Å². The van der Waals surface area contributed by atoms with Crippen molar-refractivity contribution in [2.45, 2.75) is 72.6 Å². The fraction of sp³-hybridized carbons (Fsp3) is 0.379. The number of allylic oxidation sites excluding steroid dienone is 2. The van der Waals surface area contributed by atoms with Crippen LogP contribution in [-0.2, 0) is 15.0 Å². The number of rotatable bonds is 8. The molecule has 0 saturated heterocycles. The first-order chi connectivity index (χ1) is 15.5. The van der Waals surface area contributed by atoms with Crippen LogP contribution in [0.4, 0.5) is 0 Å². The highest BCUT2D eigenvalue weighted by Gasteiger charge is 2.30. The van der Waals surface area contributed by atoms with E-state index in [1.165, 1.54) is 23.3 Å². The molecule has 0 radical (unpaired) electrons. The van der Waals surface area contributed by atoms with Crippen LogP contribution in [0.25, 0.3) is 0 Å². The van der Waals surface area contributed by atoms with Gasteiger partial charge in [-0.1, -0.05) is 65.8 Å². The van der Waals surface area contributed by atoms with Gasteiger partial charge in [-0.3, -0.25) is 0 Å². The molecular formula is C29H36O4. The second kappa shape index (κ2) is 11.1. The zero-order chi connectivity index (χ0) is 24.8. The molecule has 2 rings (SSSR count). The van der Waals surface area contributed by atoms with Crippen molar-refractivity contribution in [2.24, 2.45) is 0 Å². The summed E-state index contributed by atoms with van der Waals surface area (Å²) in [5.41, 5.74) is 4.28. The Morgan fingerprint density at radius 3 is 1.39 bits per heavy atom. The maximum absolute atomic E-state index is 11.9. The Morgan fingerprint density at radius 2 is 1.09 bits per heavy atom. The molecule has 0 atom stereocenters. The number of carbonyl (C=O) groups is 2. The van der Waals surface area contributed by atoms with Crippen LogP contribution in [0.2, 0.25) is 0 Å². The highest BCUT2D eigenvalue weighted by atomic mass is 16.5. The van der Waals surface area contributed by atoms with Crippen LogP contribution in [0.3, 0.4) is 0 Å². The topological polar surface area (TPSA) is 52.6 Å². The number of hydrogen-bond acceptors (Lipinski definition) is 4. The summed E-state index contributed by atoms with van der Waals surface area (Å²) in [6, 6.07) is 11.7. The van der Waals surface area contributed by atoms with Crippen LogP contribution >= 0.6 is 0 Å². The summed E-state index contributed by atoms with van der Waals surface area (Å²) in [6.07, 6.45) is 6.14. The molecule has 0 heterocycles. The molecular weight excluding hydrogens is 412 g/mol. The van der Waals surface area contributed by atoms with E-state index in [0.717, 1.165) is 11.1 Å². The van der Waals surface area contributed by atoms with Gasteiger partial charge in [-0.25, -0.2) is 9.59 Å². The molecule has 0 aliphatic carbocycles. The average molecular weight is 449 g/mol. The maximum Gasteiger partial charge on any atom is 0.335 e. The van der Waals surface area contributed by atoms with E-state index >= 15 is 0 Å². The Hall–Kier alpha value is -3.14. The minimum Gasteiger partial charge on any atom is -0.423 e. The van der Waals surface area contributed by atoms with Crippen LogP contribution in [0, 0.1) is 0 Å². The molecule has 0 aliphatic heterocycles. The van der Waals surface area contributed by atoms with Gasteiger partial charge in [-0.15, -0.1) is 0 Å². The average Bonchev–Trinajstić information content (AvgIpc) is 2.73. The zero-order valence-electron chi connectivity index (χ0n) is 21.1. The molecule has 0 aromatic heterocycles. The summed E-state index contributed by atoms with van der Waals surface area (Å²) in [7, 11) is 0. The Bertz CT molecular complexity index is 972. The number of benzene rings is 2. The third-order valence-corrected chi connectivity index (χ3v) is 5.68. The zero-order valence-corrected chi connectivity index (χ0v) is 21.1. The summed E-state index contributed by atoms with van der Waals surface area (Å²) in [5.74, 6) is 0.786. The normalized spacial score (nSPS) is 12.2. The molecule has 4 nitrogen and oxygen atoms in total. The van der Waals surface area contributed by atoms with Gasteiger partial charge in [0.05, 0.1) is 0 Å². The number of hydrogen-bond donors (Lipinski definition) is 0. The first kappa shape index (κ1) is 26.1. The predicted octanol–water partition coefficient (Wildman–Crippen LogP) is 7.22. The second-order valence-corrected chi connectivity index (χ2v) is 9.27. The van der Waals surface area contributed by atoms with Crippen LogP contribution in [-0.4, -0.2) is 11.9 Å². The molecule has 0 unspecified atom stereocenters. The monoisotopic (exact) mass is 448 g/mol. The lowest BCUT2D eigenvalue weighted by Gasteiger charge is -2.33. The van der Waals surface area contributed by atoms with E-state index in [4.69, 9.17) is 9.47 Å². The second-order valence-electron chi connectivity index (χ2n) is 9.27. The van der Waals surface area contributed by atoms with Crippen molar-refractivity contribution >= 4 is 11.9 Å². The molecule has 0 fully saturated rings. The Labute approximate surface area is 198 Å². The van der Waals surface area contributed by atoms with Gasteiger partial charge in [0.1, 0.15) is 11.5 Å². The lowest BCUT2D eigenvalue weighted by atomic mass is 9.71. The fourth-order valence-corrected chi connectivity index (χ4v) is 4.02. The van der Waals surface area contributed by atoms with Crippen molar-refractivity contribution in [1.29, 1.82) is 0 Å². The summed E-state index contributed by atoms with van der Waals surface area (Å²) in [6.45, 7) is 16.5. The molecule has 176 valence electrons. The number of esters is 2. The molecule has 0 N–H and O–H groups in total. The molecule has 0 amide bonds. The molecule has 0 saturated carbocycles. The van der Waals surface area contributed by atoms with Gasteiger partial charge in [0.2, 0.25) is 0 Å². The third kappa shape index (κ3) is 6.44. The molecule has 33 heavy (non-hydrogen) atoms. The predicted molar refractivity (Wildman–Crippen MR) is 134 cm³/mol. The van der Waals surface area contributed by atoms with E-state index in [0.29, 0.717) is 11.5 Å². The van der Waals surface area contributed by atoms with Crippen LogP contribution in [0.1, 0.15) is 89.5 Å². The van der Waals surface area contributed by atoms with Crippen LogP contribution in [0.5, 0.6) is 11.5 Å². The minimum absolute atomic E-state index is 0.239. The van der Waals surface area contributed by atoms with Gasteiger partial charge in [0.25, 0.3) is 0 Å². The van der Waals surface area contributed by atoms with E-state index < -0.39 is 0 Å². The van der Waals surface area contributed by atoms with Crippen molar-refractivity contribution in [1.82, 2.24) is 0 Å². The molecule has 0 spiro atoms. The highest BCUT2D eigenvalue weighted by Crippen LogP contribution is 2.42. The maximum atomic E-state index is 11.9. The van der Waals surface area contributed by atoms with Gasteiger partial charge in [-0.2, -0.15) is 0 Å². The van der Waals surface area contributed by atoms with Crippen molar-refractivity contribution in [3.8, 4) is 11.5 Å². The molecule has 0 aliphatic rings. The van der Waals surface area contributed by atoms with E-state index in [9.17, 15) is 9.59 Å². The van der Waals surface area contributed by atoms with E-state index in [-0.39, 0.29) is 29.2 Å². The van der Waals surface area contributed by atoms with Crippen molar-refractivity contribution < 1.29 is 19.1 Å². The van der Waals surface area contributed by atoms with Gasteiger partial charge in [-0.05, 0) is 72.2 Å². The smallest absolute Gasteiger partial charge is 0.335 e. The summed E-state index contributed by atoms with van der Waals surface area (Å²) in [4.78, 5) is 23.8. The lowest BCUT2D eigenvalue weighted by molar-refractivity contribution is -0.129. The van der Waals surface area contributed by atoms with Crippen molar-refractivity contribution in [2.75, 3.05) is 0 Å². The molecule has 4 heteroatoms. The lowest BCUT2D eigenvalue weighted by Crippen LogP contribution is -2.24. The summed E-state index contributed by atoms with van der Waals surface area (Å²) in [5, 5.41) is 0.